The molecule has 120 valence electrons. The van der Waals surface area contributed by atoms with E-state index in [0.29, 0.717) is 16.6 Å². The molecule has 0 amide bonds. The van der Waals surface area contributed by atoms with E-state index in [1.165, 1.54) is 0 Å². The van der Waals surface area contributed by atoms with Gasteiger partial charge in [-0.1, -0.05) is 73.0 Å². The lowest BCUT2D eigenvalue weighted by molar-refractivity contribution is 0.838. The van der Waals surface area contributed by atoms with E-state index < -0.39 is 16.1 Å². The van der Waals surface area contributed by atoms with Gasteiger partial charge in [-0.15, -0.1) is 11.1 Å². The molecule has 2 heteroatoms. The highest BCUT2D eigenvalue weighted by atomic mass is 28.3. The molecule has 0 N–H and O–H groups in total. The van der Waals surface area contributed by atoms with Gasteiger partial charge in [0.1, 0.15) is 16.1 Å². The standard InChI is InChI=1S/C20H32Si2/c1-16(2)22(17(3)4,18(5)6)15-13-20-11-10-19(20)12-14-21(7,8)9/h10-11,16-18H,1-9H3. The summed E-state index contributed by atoms with van der Waals surface area (Å²) in [5.74, 6) is 6.86. The third kappa shape index (κ3) is 4.28. The van der Waals surface area contributed by atoms with Crippen LogP contribution < -0.4 is 0 Å². The van der Waals surface area contributed by atoms with Gasteiger partial charge in [-0.2, -0.15) is 0 Å². The zero-order chi connectivity index (χ0) is 17.1. The van der Waals surface area contributed by atoms with E-state index in [4.69, 9.17) is 0 Å². The zero-order valence-corrected chi connectivity index (χ0v) is 17.9. The van der Waals surface area contributed by atoms with Crippen molar-refractivity contribution in [1.29, 1.82) is 0 Å². The van der Waals surface area contributed by atoms with Gasteiger partial charge in [0.05, 0.1) is 0 Å². The molecule has 0 radical (unpaired) electrons. The van der Waals surface area contributed by atoms with Crippen LogP contribution in [0, 0.1) is 22.9 Å². The van der Waals surface area contributed by atoms with Crippen LogP contribution in [0.15, 0.2) is 23.3 Å². The van der Waals surface area contributed by atoms with Gasteiger partial charge in [0.2, 0.25) is 0 Å². The minimum absolute atomic E-state index is 0.682. The molecule has 1 aliphatic rings. The van der Waals surface area contributed by atoms with Gasteiger partial charge in [0, 0.05) is 11.1 Å². The van der Waals surface area contributed by atoms with E-state index in [9.17, 15) is 0 Å². The molecule has 0 saturated heterocycles. The van der Waals surface area contributed by atoms with Crippen molar-refractivity contribution >= 4 is 16.1 Å². The van der Waals surface area contributed by atoms with Crippen LogP contribution in [0.4, 0.5) is 0 Å². The van der Waals surface area contributed by atoms with Gasteiger partial charge in [-0.25, -0.2) is 0 Å². The van der Waals surface area contributed by atoms with Crippen LogP contribution in [0.25, 0.3) is 0 Å². The number of hydrogen-bond donors (Lipinski definition) is 0. The predicted molar refractivity (Wildman–Crippen MR) is 106 cm³/mol. The van der Waals surface area contributed by atoms with Gasteiger partial charge < -0.3 is 0 Å². The molecule has 0 aromatic heterocycles. The van der Waals surface area contributed by atoms with Crippen molar-refractivity contribution in [2.45, 2.75) is 77.8 Å². The molecule has 0 spiro atoms. The summed E-state index contributed by atoms with van der Waals surface area (Å²) in [6.07, 6.45) is 4.24. The van der Waals surface area contributed by atoms with E-state index in [0.717, 1.165) is 11.1 Å². The summed E-state index contributed by atoms with van der Waals surface area (Å²) in [6, 6.07) is 0. The molecule has 1 aliphatic carbocycles. The fourth-order valence-electron chi connectivity index (χ4n) is 3.33. The maximum absolute atomic E-state index is 3.78. The van der Waals surface area contributed by atoms with E-state index >= 15 is 0 Å². The average molecular weight is 329 g/mol. The van der Waals surface area contributed by atoms with Crippen LogP contribution >= 0.6 is 0 Å². The quantitative estimate of drug-likeness (QED) is 0.443. The first-order valence-electron chi connectivity index (χ1n) is 8.49. The molecule has 0 nitrogen and oxygen atoms in total. The Bertz CT molecular complexity index is 566. The molecule has 0 unspecified atom stereocenters. The Morgan fingerprint density at radius 3 is 1.32 bits per heavy atom. The van der Waals surface area contributed by atoms with Crippen molar-refractivity contribution < 1.29 is 0 Å². The van der Waals surface area contributed by atoms with E-state index in [1.807, 2.05) is 0 Å². The number of rotatable bonds is 3. The Kier molecular flexibility index (Phi) is 6.13. The minimum Gasteiger partial charge on any atom is -0.127 e. The number of allylic oxidation sites excluding steroid dienone is 4. The lowest BCUT2D eigenvalue weighted by atomic mass is 10.00. The van der Waals surface area contributed by atoms with Gasteiger partial charge in [-0.05, 0) is 28.8 Å². The van der Waals surface area contributed by atoms with E-state index in [1.54, 1.807) is 0 Å². The minimum atomic E-state index is -1.63. The maximum Gasteiger partial charge on any atom is 0.146 e. The molecule has 1 rings (SSSR count). The second-order valence-corrected chi connectivity index (χ2v) is 18.6. The highest BCUT2D eigenvalue weighted by molar-refractivity contribution is 6.90. The highest BCUT2D eigenvalue weighted by Gasteiger charge is 2.41. The Morgan fingerprint density at radius 2 is 1.05 bits per heavy atom. The zero-order valence-electron chi connectivity index (χ0n) is 15.9. The summed E-state index contributed by atoms with van der Waals surface area (Å²) in [5.41, 5.74) is 11.6. The Labute approximate surface area is 140 Å². The van der Waals surface area contributed by atoms with Crippen molar-refractivity contribution in [3.8, 4) is 22.9 Å². The summed E-state index contributed by atoms with van der Waals surface area (Å²) >= 11 is 0. The summed E-state index contributed by atoms with van der Waals surface area (Å²) in [7, 11) is -2.94. The summed E-state index contributed by atoms with van der Waals surface area (Å²) in [4.78, 5) is 0. The fraction of sp³-hybridized carbons (Fsp3) is 0.600. The molecule has 0 fully saturated rings. The third-order valence-electron chi connectivity index (χ3n) is 4.56. The van der Waals surface area contributed by atoms with Crippen LogP contribution in [0.5, 0.6) is 0 Å². The van der Waals surface area contributed by atoms with E-state index in [-0.39, 0.29) is 0 Å². The molecule has 0 atom stereocenters. The third-order valence-corrected chi connectivity index (χ3v) is 11.7. The second-order valence-electron chi connectivity index (χ2n) is 8.31. The Morgan fingerprint density at radius 1 is 0.682 bits per heavy atom. The molecule has 0 aromatic rings. The fourth-order valence-corrected chi connectivity index (χ4v) is 9.06. The largest absolute Gasteiger partial charge is 0.146 e. The summed E-state index contributed by atoms with van der Waals surface area (Å²) in [6.45, 7) is 21.0. The topological polar surface area (TPSA) is 0 Å². The van der Waals surface area contributed by atoms with Crippen LogP contribution in [-0.4, -0.2) is 16.1 Å². The van der Waals surface area contributed by atoms with Crippen LogP contribution in [0.1, 0.15) is 41.5 Å². The lowest BCUT2D eigenvalue weighted by Crippen LogP contribution is -2.43. The van der Waals surface area contributed by atoms with Gasteiger partial charge in [0.15, 0.2) is 0 Å². The smallest absolute Gasteiger partial charge is 0.127 e. The molecule has 0 bridgehead atoms. The second kappa shape index (κ2) is 7.07. The van der Waals surface area contributed by atoms with Crippen LogP contribution in [-0.2, 0) is 0 Å². The first-order chi connectivity index (χ1) is 10.0. The van der Waals surface area contributed by atoms with Crippen LogP contribution in [0.3, 0.4) is 0 Å². The SMILES string of the molecule is CC(C)[Si](C#CC1=C(C#C[Si](C)(C)C)C=C1)(C(C)C)C(C)C. The highest BCUT2D eigenvalue weighted by Crippen LogP contribution is 2.40. The maximum atomic E-state index is 3.78. The molecular formula is C20H32Si2. The Balaban J connectivity index is 3.17. The monoisotopic (exact) mass is 328 g/mol. The summed E-state index contributed by atoms with van der Waals surface area (Å²) < 4.78 is 0. The molecule has 0 heterocycles. The molecular weight excluding hydrogens is 296 g/mol. The Hall–Kier alpha value is -0.966. The molecule has 22 heavy (non-hydrogen) atoms. The average Bonchev–Trinajstić information content (AvgIpc) is 2.30. The lowest BCUT2D eigenvalue weighted by Gasteiger charge is -2.38. The molecule has 0 aliphatic heterocycles. The van der Waals surface area contributed by atoms with Gasteiger partial charge in [-0.3, -0.25) is 0 Å². The van der Waals surface area contributed by atoms with Crippen LogP contribution in [0.2, 0.25) is 36.3 Å². The van der Waals surface area contributed by atoms with Crippen molar-refractivity contribution in [2.75, 3.05) is 0 Å². The number of hydrogen-bond acceptors (Lipinski definition) is 0. The first-order valence-corrected chi connectivity index (χ1v) is 14.2. The van der Waals surface area contributed by atoms with Crippen molar-refractivity contribution in [3.63, 3.8) is 0 Å². The molecule has 0 aromatic carbocycles. The van der Waals surface area contributed by atoms with Crippen molar-refractivity contribution in [3.05, 3.63) is 23.3 Å². The predicted octanol–water partition coefficient (Wildman–Crippen LogP) is 5.96. The van der Waals surface area contributed by atoms with Crippen molar-refractivity contribution in [2.24, 2.45) is 0 Å². The van der Waals surface area contributed by atoms with Gasteiger partial charge in [0.25, 0.3) is 0 Å². The summed E-state index contributed by atoms with van der Waals surface area (Å²) in [5, 5.41) is 0. The molecule has 0 saturated carbocycles. The van der Waals surface area contributed by atoms with Gasteiger partial charge >= 0.3 is 0 Å². The normalized spacial score (nSPS) is 14.7. The van der Waals surface area contributed by atoms with E-state index in [2.05, 4.69) is 96.3 Å². The first kappa shape index (κ1) is 19.1. The van der Waals surface area contributed by atoms with Crippen molar-refractivity contribution in [1.82, 2.24) is 0 Å².